The normalized spacial score (nSPS) is 15.0. The highest BCUT2D eigenvalue weighted by atomic mass is 32.2. The number of carbonyl (C=O) groups excluding carboxylic acids is 1. The molecule has 3 aromatic rings. The van der Waals surface area contributed by atoms with Crippen LogP contribution in [0.25, 0.3) is 10.8 Å². The van der Waals surface area contributed by atoms with Crippen LogP contribution in [0.3, 0.4) is 0 Å². The molecule has 0 amide bonds. The van der Waals surface area contributed by atoms with Crippen molar-refractivity contribution in [3.8, 4) is 0 Å². The van der Waals surface area contributed by atoms with Gasteiger partial charge in [0.15, 0.2) is 5.78 Å². The lowest BCUT2D eigenvalue weighted by atomic mass is 9.94. The first-order chi connectivity index (χ1) is 15.3. The molecule has 0 aromatic heterocycles. The second-order valence-electron chi connectivity index (χ2n) is 7.90. The van der Waals surface area contributed by atoms with Crippen LogP contribution < -0.4 is 0 Å². The van der Waals surface area contributed by atoms with E-state index in [-0.39, 0.29) is 22.4 Å². The van der Waals surface area contributed by atoms with Gasteiger partial charge in [0.05, 0.1) is 11.3 Å². The van der Waals surface area contributed by atoms with Crippen LogP contribution in [0.15, 0.2) is 59.5 Å². The lowest BCUT2D eigenvalue weighted by Crippen LogP contribution is -2.35. The molecule has 3 aromatic carbocycles. The summed E-state index contributed by atoms with van der Waals surface area (Å²) < 4.78 is 41.0. The third-order valence-corrected chi connectivity index (χ3v) is 7.56. The zero-order valence-corrected chi connectivity index (χ0v) is 18.1. The minimum absolute atomic E-state index is 0.117. The standard InChI is InChI=1S/C24H22FNO5S/c25-19-7-4-18-12-16(14-23(27)28)13-22(21(18)15-19)24(29)17-5-8-20(9-6-17)32(30,31)26-10-2-1-3-11-26/h4-9,12-13,15H,1-3,10-11,14H2,(H,27,28). The molecule has 1 saturated heterocycles. The van der Waals surface area contributed by atoms with E-state index >= 15 is 0 Å². The van der Waals surface area contributed by atoms with Crippen molar-refractivity contribution in [2.45, 2.75) is 30.6 Å². The SMILES string of the molecule is O=C(O)Cc1cc(C(=O)c2ccc(S(=O)(=O)N3CCCCC3)cc2)c2cc(F)ccc2c1. The van der Waals surface area contributed by atoms with Crippen molar-refractivity contribution >= 4 is 32.5 Å². The van der Waals surface area contributed by atoms with Crippen LogP contribution in [0, 0.1) is 5.82 Å². The smallest absolute Gasteiger partial charge is 0.307 e. The molecule has 0 saturated carbocycles. The van der Waals surface area contributed by atoms with Gasteiger partial charge in [0, 0.05) is 24.2 Å². The molecule has 0 unspecified atom stereocenters. The Morgan fingerprint density at radius 3 is 2.28 bits per heavy atom. The van der Waals surface area contributed by atoms with Crippen molar-refractivity contribution in [1.82, 2.24) is 4.31 Å². The predicted molar refractivity (Wildman–Crippen MR) is 118 cm³/mol. The first-order valence-corrected chi connectivity index (χ1v) is 11.8. The van der Waals surface area contributed by atoms with Crippen molar-refractivity contribution in [1.29, 1.82) is 0 Å². The number of rotatable bonds is 6. The van der Waals surface area contributed by atoms with Gasteiger partial charge in [0.1, 0.15) is 5.82 Å². The van der Waals surface area contributed by atoms with Gasteiger partial charge >= 0.3 is 5.97 Å². The molecule has 0 spiro atoms. The van der Waals surface area contributed by atoms with Crippen molar-refractivity contribution in [2.24, 2.45) is 0 Å². The summed E-state index contributed by atoms with van der Waals surface area (Å²) in [5.41, 5.74) is 0.828. The average Bonchev–Trinajstić information content (AvgIpc) is 2.78. The zero-order chi connectivity index (χ0) is 22.9. The number of carboxylic acid groups (broad SMARTS) is 1. The van der Waals surface area contributed by atoms with Crippen LogP contribution in [0.5, 0.6) is 0 Å². The van der Waals surface area contributed by atoms with E-state index in [1.807, 2.05) is 0 Å². The third-order valence-electron chi connectivity index (χ3n) is 5.65. The van der Waals surface area contributed by atoms with Crippen LogP contribution in [0.4, 0.5) is 4.39 Å². The summed E-state index contributed by atoms with van der Waals surface area (Å²) in [6, 6.07) is 12.7. The molecule has 0 atom stereocenters. The average molecular weight is 456 g/mol. The van der Waals surface area contributed by atoms with Gasteiger partial charge < -0.3 is 5.11 Å². The fourth-order valence-corrected chi connectivity index (χ4v) is 5.56. The van der Waals surface area contributed by atoms with Crippen molar-refractivity contribution < 1.29 is 27.5 Å². The molecule has 0 radical (unpaired) electrons. The van der Waals surface area contributed by atoms with Crippen LogP contribution in [-0.4, -0.2) is 42.7 Å². The maximum absolute atomic E-state index is 13.9. The number of carbonyl (C=O) groups is 2. The van der Waals surface area contributed by atoms with Gasteiger partial charge in [0.2, 0.25) is 10.0 Å². The van der Waals surface area contributed by atoms with Crippen LogP contribution >= 0.6 is 0 Å². The summed E-state index contributed by atoms with van der Waals surface area (Å²) in [7, 11) is -3.62. The Hall–Kier alpha value is -3.10. The Morgan fingerprint density at radius 1 is 0.938 bits per heavy atom. The van der Waals surface area contributed by atoms with Crippen molar-refractivity contribution in [2.75, 3.05) is 13.1 Å². The van der Waals surface area contributed by atoms with Crippen LogP contribution in [0.2, 0.25) is 0 Å². The fraction of sp³-hybridized carbons (Fsp3) is 0.250. The monoisotopic (exact) mass is 455 g/mol. The molecule has 4 rings (SSSR count). The molecule has 1 fully saturated rings. The maximum Gasteiger partial charge on any atom is 0.307 e. The van der Waals surface area contributed by atoms with Gasteiger partial charge in [-0.2, -0.15) is 4.31 Å². The first kappa shape index (κ1) is 22.1. The van der Waals surface area contributed by atoms with E-state index in [1.165, 1.54) is 52.8 Å². The Labute approximate surface area is 185 Å². The van der Waals surface area contributed by atoms with Gasteiger partial charge in [-0.15, -0.1) is 0 Å². The Kier molecular flexibility index (Phi) is 6.08. The number of aliphatic carboxylic acids is 1. The molecule has 166 valence electrons. The highest BCUT2D eigenvalue weighted by Crippen LogP contribution is 2.27. The summed E-state index contributed by atoms with van der Waals surface area (Å²) in [4.78, 5) is 24.5. The Bertz CT molecular complexity index is 1300. The minimum Gasteiger partial charge on any atom is -0.481 e. The summed E-state index contributed by atoms with van der Waals surface area (Å²) in [5, 5.41) is 10.1. The van der Waals surface area contributed by atoms with Crippen LogP contribution in [-0.2, 0) is 21.2 Å². The number of piperidine rings is 1. The Morgan fingerprint density at radius 2 is 1.62 bits per heavy atom. The zero-order valence-electron chi connectivity index (χ0n) is 17.3. The predicted octanol–water partition coefficient (Wildman–Crippen LogP) is 4.01. The van der Waals surface area contributed by atoms with E-state index in [4.69, 9.17) is 5.11 Å². The van der Waals surface area contributed by atoms with Crippen LogP contribution in [0.1, 0.15) is 40.7 Å². The number of ketones is 1. The molecule has 0 aliphatic carbocycles. The second-order valence-corrected chi connectivity index (χ2v) is 9.84. The van der Waals surface area contributed by atoms with E-state index in [9.17, 15) is 22.4 Å². The highest BCUT2D eigenvalue weighted by Gasteiger charge is 2.26. The fourth-order valence-electron chi connectivity index (χ4n) is 4.04. The topological polar surface area (TPSA) is 91.7 Å². The van der Waals surface area contributed by atoms with Gasteiger partial charge in [-0.1, -0.05) is 18.6 Å². The quantitative estimate of drug-likeness (QED) is 0.567. The molecule has 1 N–H and O–H groups in total. The van der Waals surface area contributed by atoms with Crippen molar-refractivity contribution in [3.63, 3.8) is 0 Å². The third kappa shape index (κ3) is 4.42. The van der Waals surface area contributed by atoms with E-state index in [0.29, 0.717) is 29.4 Å². The molecule has 8 heteroatoms. The van der Waals surface area contributed by atoms with E-state index in [0.717, 1.165) is 19.3 Å². The summed E-state index contributed by atoms with van der Waals surface area (Å²) in [6.07, 6.45) is 2.38. The molecule has 0 bridgehead atoms. The number of carboxylic acids is 1. The molecular weight excluding hydrogens is 433 g/mol. The largest absolute Gasteiger partial charge is 0.481 e. The lowest BCUT2D eigenvalue weighted by Gasteiger charge is -2.25. The molecule has 32 heavy (non-hydrogen) atoms. The number of benzene rings is 3. The molecular formula is C24H22FNO5S. The summed E-state index contributed by atoms with van der Waals surface area (Å²) in [5.74, 6) is -1.99. The van der Waals surface area contributed by atoms with Gasteiger partial charge in [-0.3, -0.25) is 9.59 Å². The molecule has 6 nitrogen and oxygen atoms in total. The number of nitrogens with zero attached hydrogens (tertiary/aromatic N) is 1. The summed E-state index contributed by atoms with van der Waals surface area (Å²) in [6.45, 7) is 0.966. The van der Waals surface area contributed by atoms with E-state index < -0.39 is 27.6 Å². The molecule has 1 aliphatic rings. The molecule has 1 aliphatic heterocycles. The van der Waals surface area contributed by atoms with Gasteiger partial charge in [0.25, 0.3) is 0 Å². The maximum atomic E-state index is 13.9. The minimum atomic E-state index is -3.62. The van der Waals surface area contributed by atoms with Gasteiger partial charge in [-0.25, -0.2) is 12.8 Å². The number of halogens is 1. The number of hydrogen-bond donors (Lipinski definition) is 1. The first-order valence-electron chi connectivity index (χ1n) is 10.3. The lowest BCUT2D eigenvalue weighted by molar-refractivity contribution is -0.136. The highest BCUT2D eigenvalue weighted by molar-refractivity contribution is 7.89. The number of hydrogen-bond acceptors (Lipinski definition) is 4. The van der Waals surface area contributed by atoms with E-state index in [2.05, 4.69) is 0 Å². The van der Waals surface area contributed by atoms with E-state index in [1.54, 1.807) is 6.07 Å². The summed E-state index contributed by atoms with van der Waals surface area (Å²) >= 11 is 0. The van der Waals surface area contributed by atoms with Gasteiger partial charge in [-0.05, 0) is 71.6 Å². The molecule has 1 heterocycles. The Balaban J connectivity index is 1.71. The second kappa shape index (κ2) is 8.80. The number of fused-ring (bicyclic) bond motifs is 1. The van der Waals surface area contributed by atoms with Crippen molar-refractivity contribution in [3.05, 3.63) is 77.1 Å². The number of sulfonamides is 1.